The first kappa shape index (κ1) is 15.8. The lowest BCUT2D eigenvalue weighted by Crippen LogP contribution is -2.32. The van der Waals surface area contributed by atoms with E-state index in [1.807, 2.05) is 6.07 Å². The highest BCUT2D eigenvalue weighted by Crippen LogP contribution is 2.40. The Balaban J connectivity index is 2.67. The molecule has 0 aliphatic heterocycles. The number of hydrogen-bond donors (Lipinski definition) is 0. The van der Waals surface area contributed by atoms with Crippen LogP contribution < -0.4 is 18.9 Å². The number of likely N-dealkylation sites (N-methyl/N-ethyl adjacent to an activating group) is 1. The summed E-state index contributed by atoms with van der Waals surface area (Å²) in [4.78, 5) is 0.325. The standard InChI is InChI=1S/C27H38N2O4/c1-20(2)27(19-28,22-10-12-24(31-5)26(18-22)33-7)14-8-15-29(3)16-13-21-9-11-23(30-4)25(17-21)32-6/h9-12,17-18,20H,8,13-16H2,1-7H3/i3D3,8D2,14D2,15D2. The molecule has 1 unspecified atom stereocenters. The SMILES string of the molecule is [2H]C([2H])([2H])N(CCc1ccc(OC)c(OC)c1)C([2H])([2H])C([2H])([2H])C([2H])([2H])C(C#N)(c1ccc(OC)c(OC)c1)C(C)C. The summed E-state index contributed by atoms with van der Waals surface area (Å²) in [6.07, 6.45) is -6.86. The molecule has 33 heavy (non-hydrogen) atoms. The van der Waals surface area contributed by atoms with E-state index < -0.39 is 44.1 Å². The van der Waals surface area contributed by atoms with Gasteiger partial charge in [0.2, 0.25) is 0 Å². The molecule has 0 aliphatic rings. The van der Waals surface area contributed by atoms with Gasteiger partial charge in [-0.3, -0.25) is 0 Å². The minimum atomic E-state index is -3.54. The summed E-state index contributed by atoms with van der Waals surface area (Å²) in [5.74, 6) is 0.365. The summed E-state index contributed by atoms with van der Waals surface area (Å²) < 4.78 is 98.9. The lowest BCUT2D eigenvalue weighted by Gasteiger charge is -2.32. The number of nitrogens with zero attached hydrogens (tertiary/aromatic N) is 2. The number of hydrogen-bond acceptors (Lipinski definition) is 6. The molecule has 2 aromatic carbocycles. The Morgan fingerprint density at radius 1 is 0.970 bits per heavy atom. The van der Waals surface area contributed by atoms with Crippen molar-refractivity contribution < 1.29 is 31.3 Å². The summed E-state index contributed by atoms with van der Waals surface area (Å²) in [6, 6.07) is 11.0. The van der Waals surface area contributed by atoms with Crippen molar-refractivity contribution in [2.45, 2.75) is 38.4 Å². The van der Waals surface area contributed by atoms with Crippen LogP contribution in [-0.2, 0) is 11.8 Å². The van der Waals surface area contributed by atoms with Crippen LogP contribution in [0.25, 0.3) is 0 Å². The molecule has 0 aromatic heterocycles. The fourth-order valence-electron chi connectivity index (χ4n) is 3.38. The first-order valence-corrected chi connectivity index (χ1v) is 10.5. The van der Waals surface area contributed by atoms with Gasteiger partial charge in [-0.2, -0.15) is 5.26 Å². The van der Waals surface area contributed by atoms with Gasteiger partial charge in [-0.25, -0.2) is 0 Å². The van der Waals surface area contributed by atoms with Crippen molar-refractivity contribution in [1.29, 1.82) is 5.26 Å². The minimum Gasteiger partial charge on any atom is -0.493 e. The van der Waals surface area contributed by atoms with Crippen LogP contribution >= 0.6 is 0 Å². The molecule has 0 fully saturated rings. The Labute approximate surface area is 211 Å². The second-order valence-electron chi connectivity index (χ2n) is 7.60. The quantitative estimate of drug-likeness (QED) is 0.412. The van der Waals surface area contributed by atoms with Crippen molar-refractivity contribution in [2.24, 2.45) is 5.92 Å². The van der Waals surface area contributed by atoms with Crippen molar-refractivity contribution in [3.8, 4) is 29.1 Å². The van der Waals surface area contributed by atoms with E-state index in [1.54, 1.807) is 18.2 Å². The summed E-state index contributed by atoms with van der Waals surface area (Å²) in [5.41, 5.74) is -1.71. The minimum absolute atomic E-state index is 0.0214. The van der Waals surface area contributed by atoms with Crippen LogP contribution in [0, 0.1) is 17.2 Å². The van der Waals surface area contributed by atoms with Gasteiger partial charge in [-0.1, -0.05) is 26.0 Å². The molecule has 0 aliphatic carbocycles. The third-order valence-electron chi connectivity index (χ3n) is 5.40. The van der Waals surface area contributed by atoms with Crippen LogP contribution in [-0.4, -0.2) is 53.4 Å². The summed E-state index contributed by atoms with van der Waals surface area (Å²) in [6.45, 7) is -4.07. The number of benzene rings is 2. The molecule has 0 N–H and O–H groups in total. The smallest absolute Gasteiger partial charge is 0.161 e. The molecule has 1 atom stereocenters. The van der Waals surface area contributed by atoms with Gasteiger partial charge in [0.1, 0.15) is 0 Å². The highest BCUT2D eigenvalue weighted by Gasteiger charge is 2.36. The third kappa shape index (κ3) is 6.33. The average Bonchev–Trinajstić information content (AvgIpc) is 2.92. The maximum atomic E-state index is 10.5. The van der Waals surface area contributed by atoms with Crippen molar-refractivity contribution in [3.63, 3.8) is 0 Å². The van der Waals surface area contributed by atoms with Gasteiger partial charge in [-0.05, 0) is 73.9 Å². The molecule has 0 saturated heterocycles. The summed E-state index contributed by atoms with van der Waals surface area (Å²) in [5, 5.41) is 10.5. The molecule has 0 bridgehead atoms. The monoisotopic (exact) mass is 463 g/mol. The maximum absolute atomic E-state index is 10.5. The Bertz CT molecular complexity index is 1280. The van der Waals surface area contributed by atoms with Gasteiger partial charge in [-0.15, -0.1) is 0 Å². The molecule has 0 amide bonds. The van der Waals surface area contributed by atoms with Crippen molar-refractivity contribution in [3.05, 3.63) is 47.5 Å². The number of rotatable bonds is 13. The van der Waals surface area contributed by atoms with Crippen LogP contribution in [0.4, 0.5) is 0 Å². The van der Waals surface area contributed by atoms with E-state index in [2.05, 4.69) is 0 Å². The highest BCUT2D eigenvalue weighted by molar-refractivity contribution is 5.47. The largest absolute Gasteiger partial charge is 0.493 e. The molecule has 2 aromatic rings. The van der Waals surface area contributed by atoms with Crippen molar-refractivity contribution >= 4 is 0 Å². The predicted molar refractivity (Wildman–Crippen MR) is 132 cm³/mol. The fourth-order valence-corrected chi connectivity index (χ4v) is 3.38. The zero-order valence-corrected chi connectivity index (χ0v) is 20.0. The molecule has 0 saturated carbocycles. The van der Waals surface area contributed by atoms with Gasteiger partial charge >= 0.3 is 0 Å². The predicted octanol–water partition coefficient (Wildman–Crippen LogP) is 5.09. The second-order valence-corrected chi connectivity index (χ2v) is 7.60. The van der Waals surface area contributed by atoms with Gasteiger partial charge in [0.25, 0.3) is 0 Å². The van der Waals surface area contributed by atoms with Gasteiger partial charge in [0.15, 0.2) is 23.0 Å². The first-order chi connectivity index (χ1) is 19.3. The van der Waals surface area contributed by atoms with Gasteiger partial charge in [0.05, 0.1) is 39.9 Å². The van der Waals surface area contributed by atoms with Crippen LogP contribution in [0.2, 0.25) is 0 Å². The summed E-state index contributed by atoms with van der Waals surface area (Å²) in [7, 11) is 5.64. The van der Waals surface area contributed by atoms with Crippen LogP contribution in [0.15, 0.2) is 36.4 Å². The third-order valence-corrected chi connectivity index (χ3v) is 5.40. The van der Waals surface area contributed by atoms with E-state index in [0.717, 1.165) is 0 Å². The van der Waals surface area contributed by atoms with E-state index in [4.69, 9.17) is 31.3 Å². The van der Waals surface area contributed by atoms with Crippen molar-refractivity contribution in [2.75, 3.05) is 48.5 Å². The highest BCUT2D eigenvalue weighted by atomic mass is 16.5. The zero-order valence-electron chi connectivity index (χ0n) is 29.0. The molecule has 0 radical (unpaired) electrons. The van der Waals surface area contributed by atoms with Crippen LogP contribution in [0.5, 0.6) is 23.0 Å². The molecule has 180 valence electrons. The Kier molecular flexibility index (Phi) is 5.93. The Morgan fingerprint density at radius 3 is 2.12 bits per heavy atom. The average molecular weight is 464 g/mol. The Morgan fingerprint density at radius 2 is 1.58 bits per heavy atom. The maximum Gasteiger partial charge on any atom is 0.161 e. The molecule has 2 rings (SSSR count). The molecular weight excluding hydrogens is 416 g/mol. The molecular formula is C27H38N2O4. The van der Waals surface area contributed by atoms with Crippen molar-refractivity contribution in [1.82, 2.24) is 4.90 Å². The molecule has 0 heterocycles. The van der Waals surface area contributed by atoms with Crippen LogP contribution in [0.1, 0.15) is 50.1 Å². The van der Waals surface area contributed by atoms with E-state index in [1.165, 1.54) is 60.5 Å². The zero-order chi connectivity index (χ0) is 32.3. The number of nitriles is 1. The van der Waals surface area contributed by atoms with E-state index in [-0.39, 0.29) is 17.7 Å². The van der Waals surface area contributed by atoms with Gasteiger partial charge < -0.3 is 23.8 Å². The number of methoxy groups -OCH3 is 4. The Hall–Kier alpha value is -2.91. The fraction of sp³-hybridized carbons (Fsp3) is 0.519. The van der Waals surface area contributed by atoms with E-state index in [9.17, 15) is 5.26 Å². The lowest BCUT2D eigenvalue weighted by atomic mass is 9.69. The molecule has 6 nitrogen and oxygen atoms in total. The second kappa shape index (κ2) is 12.4. The summed E-state index contributed by atoms with van der Waals surface area (Å²) >= 11 is 0. The van der Waals surface area contributed by atoms with Gasteiger partial charge in [0, 0.05) is 18.9 Å². The first-order valence-electron chi connectivity index (χ1n) is 15.0. The molecule has 0 spiro atoms. The van der Waals surface area contributed by atoms with E-state index in [0.29, 0.717) is 27.7 Å². The van der Waals surface area contributed by atoms with Crippen LogP contribution in [0.3, 0.4) is 0 Å². The van der Waals surface area contributed by atoms with E-state index >= 15 is 0 Å². The normalized spacial score (nSPS) is 18.6. The number of ether oxygens (including phenoxy) is 4. The lowest BCUT2D eigenvalue weighted by molar-refractivity contribution is 0.292. The molecule has 6 heteroatoms. The topological polar surface area (TPSA) is 64.0 Å².